The summed E-state index contributed by atoms with van der Waals surface area (Å²) < 4.78 is 0. The number of anilines is 3. The Kier molecular flexibility index (Phi) is 8.22. The van der Waals surface area contributed by atoms with Crippen LogP contribution in [0.2, 0.25) is 0 Å². The van der Waals surface area contributed by atoms with E-state index in [0.29, 0.717) is 17.1 Å². The summed E-state index contributed by atoms with van der Waals surface area (Å²) in [5.74, 6) is -1.33. The molecule has 4 aromatic rings. The van der Waals surface area contributed by atoms with E-state index >= 15 is 0 Å². The Balaban J connectivity index is 1.48. The third kappa shape index (κ3) is 6.99. The molecule has 1 unspecified atom stereocenters. The zero-order valence-corrected chi connectivity index (χ0v) is 20.8. The number of carbonyl (C=O) groups excluding carboxylic acids is 2. The number of rotatable bonds is 8. The summed E-state index contributed by atoms with van der Waals surface area (Å²) >= 11 is 1.36. The van der Waals surface area contributed by atoms with Gasteiger partial charge in [-0.3, -0.25) is 4.79 Å². The molecule has 3 amide bonds. The molecule has 0 saturated heterocycles. The van der Waals surface area contributed by atoms with Gasteiger partial charge in [0.1, 0.15) is 5.25 Å². The topological polar surface area (TPSA) is 108 Å². The van der Waals surface area contributed by atoms with Gasteiger partial charge in [-0.2, -0.15) is 0 Å². The molecule has 0 aliphatic rings. The highest BCUT2D eigenvalue weighted by molar-refractivity contribution is 8.00. The Morgan fingerprint density at radius 3 is 1.95 bits per heavy atom. The van der Waals surface area contributed by atoms with Crippen LogP contribution in [-0.2, 0) is 4.79 Å². The minimum Gasteiger partial charge on any atom is -0.478 e. The molecule has 186 valence electrons. The van der Waals surface area contributed by atoms with Gasteiger partial charge in [-0.25, -0.2) is 9.59 Å². The van der Waals surface area contributed by atoms with Gasteiger partial charge in [0.25, 0.3) is 0 Å². The second-order valence-electron chi connectivity index (χ2n) is 8.20. The van der Waals surface area contributed by atoms with E-state index in [1.165, 1.54) is 23.9 Å². The van der Waals surface area contributed by atoms with Gasteiger partial charge in [0, 0.05) is 22.0 Å². The maximum absolute atomic E-state index is 13.4. The Morgan fingerprint density at radius 2 is 1.32 bits per heavy atom. The summed E-state index contributed by atoms with van der Waals surface area (Å²) in [6.07, 6.45) is 0. The lowest BCUT2D eigenvalue weighted by atomic mass is 10.1. The average molecular weight is 512 g/mol. The molecule has 0 aliphatic carbocycles. The van der Waals surface area contributed by atoms with E-state index in [-0.39, 0.29) is 17.5 Å². The van der Waals surface area contributed by atoms with E-state index in [1.807, 2.05) is 67.6 Å². The Hall–Kier alpha value is -4.56. The summed E-state index contributed by atoms with van der Waals surface area (Å²) in [6, 6.07) is 30.0. The van der Waals surface area contributed by atoms with Crippen molar-refractivity contribution in [2.75, 3.05) is 16.0 Å². The smallest absolute Gasteiger partial charge is 0.335 e. The molecule has 37 heavy (non-hydrogen) atoms. The first-order valence-electron chi connectivity index (χ1n) is 11.5. The fraction of sp³-hybridized carbons (Fsp3) is 0.0690. The van der Waals surface area contributed by atoms with Crippen LogP contribution >= 0.6 is 11.8 Å². The highest BCUT2D eigenvalue weighted by Gasteiger charge is 2.23. The van der Waals surface area contributed by atoms with Gasteiger partial charge in [-0.1, -0.05) is 54.6 Å². The molecule has 0 spiro atoms. The zero-order chi connectivity index (χ0) is 26.2. The molecule has 4 N–H and O–H groups in total. The van der Waals surface area contributed by atoms with Crippen molar-refractivity contribution in [1.29, 1.82) is 0 Å². The van der Waals surface area contributed by atoms with Crippen LogP contribution < -0.4 is 16.0 Å². The lowest BCUT2D eigenvalue weighted by Gasteiger charge is -2.18. The van der Waals surface area contributed by atoms with Gasteiger partial charge >= 0.3 is 12.0 Å². The maximum Gasteiger partial charge on any atom is 0.335 e. The van der Waals surface area contributed by atoms with Gasteiger partial charge < -0.3 is 21.1 Å². The number of carboxylic acids is 1. The van der Waals surface area contributed by atoms with Crippen LogP contribution in [0.3, 0.4) is 0 Å². The predicted molar refractivity (Wildman–Crippen MR) is 147 cm³/mol. The highest BCUT2D eigenvalue weighted by Crippen LogP contribution is 2.37. The molecule has 4 rings (SSSR count). The number of urea groups is 1. The SMILES string of the molecule is Cc1ccc(C(=O)O)cc1NC(=O)C(Sc1ccc(NC(=O)Nc2ccccc2)cc1)c1ccccc1. The number of para-hydroxylation sites is 1. The van der Waals surface area contributed by atoms with Crippen molar-refractivity contribution in [3.8, 4) is 0 Å². The monoisotopic (exact) mass is 511 g/mol. The fourth-order valence-electron chi connectivity index (χ4n) is 3.56. The van der Waals surface area contributed by atoms with E-state index in [9.17, 15) is 19.5 Å². The van der Waals surface area contributed by atoms with Crippen molar-refractivity contribution < 1.29 is 19.5 Å². The van der Waals surface area contributed by atoms with E-state index in [0.717, 1.165) is 16.0 Å². The second kappa shape index (κ2) is 11.9. The number of amides is 3. The van der Waals surface area contributed by atoms with Crippen molar-refractivity contribution in [3.05, 3.63) is 120 Å². The normalized spacial score (nSPS) is 11.3. The van der Waals surface area contributed by atoms with Crippen LogP contribution in [0, 0.1) is 6.92 Å². The van der Waals surface area contributed by atoms with Crippen molar-refractivity contribution in [3.63, 3.8) is 0 Å². The van der Waals surface area contributed by atoms with Crippen molar-refractivity contribution >= 4 is 46.7 Å². The molecule has 1 atom stereocenters. The van der Waals surface area contributed by atoms with Crippen molar-refractivity contribution in [1.82, 2.24) is 0 Å². The number of benzene rings is 4. The standard InChI is InChI=1S/C29H25N3O4S/c1-19-12-13-21(28(34)35)18-25(19)32-27(33)26(20-8-4-2-5-9-20)37-24-16-14-23(15-17-24)31-29(36)30-22-10-6-3-7-11-22/h2-18,26H,1H3,(H,32,33)(H,34,35)(H2,30,31,36). The number of carboxylic acid groups (broad SMARTS) is 1. The first-order valence-corrected chi connectivity index (χ1v) is 12.4. The third-order valence-corrected chi connectivity index (χ3v) is 6.75. The van der Waals surface area contributed by atoms with Crippen LogP contribution in [0.1, 0.15) is 26.7 Å². The largest absolute Gasteiger partial charge is 0.478 e. The molecule has 0 heterocycles. The molecule has 0 saturated carbocycles. The quantitative estimate of drug-likeness (QED) is 0.194. The second-order valence-corrected chi connectivity index (χ2v) is 9.38. The molecule has 0 radical (unpaired) electrons. The van der Waals surface area contributed by atoms with Crippen molar-refractivity contribution in [2.45, 2.75) is 17.1 Å². The minimum atomic E-state index is -1.06. The van der Waals surface area contributed by atoms with Gasteiger partial charge in [0.2, 0.25) is 5.91 Å². The summed E-state index contributed by atoms with van der Waals surface area (Å²) in [7, 11) is 0. The number of carbonyl (C=O) groups is 3. The van der Waals surface area contributed by atoms with Crippen LogP contribution in [0.15, 0.2) is 108 Å². The Morgan fingerprint density at radius 1 is 0.730 bits per heavy atom. The van der Waals surface area contributed by atoms with Gasteiger partial charge in [0.15, 0.2) is 0 Å². The molecule has 0 bridgehead atoms. The number of hydrogen-bond donors (Lipinski definition) is 4. The molecular weight excluding hydrogens is 486 g/mol. The average Bonchev–Trinajstić information content (AvgIpc) is 2.90. The lowest BCUT2D eigenvalue weighted by molar-refractivity contribution is -0.115. The molecule has 0 fully saturated rings. The number of nitrogens with one attached hydrogen (secondary N) is 3. The van der Waals surface area contributed by atoms with Gasteiger partial charge in [0.05, 0.1) is 5.56 Å². The van der Waals surface area contributed by atoms with E-state index < -0.39 is 11.2 Å². The van der Waals surface area contributed by atoms with Gasteiger partial charge in [-0.15, -0.1) is 11.8 Å². The Labute approximate surface area is 218 Å². The number of thioether (sulfide) groups is 1. The van der Waals surface area contributed by atoms with E-state index in [2.05, 4.69) is 16.0 Å². The summed E-state index contributed by atoms with van der Waals surface area (Å²) in [5, 5.41) is 17.2. The van der Waals surface area contributed by atoms with Crippen LogP contribution in [0.4, 0.5) is 21.9 Å². The maximum atomic E-state index is 13.4. The minimum absolute atomic E-state index is 0.101. The number of aryl methyl sites for hydroxylation is 1. The summed E-state index contributed by atoms with van der Waals surface area (Å²) in [5.41, 5.74) is 3.42. The van der Waals surface area contributed by atoms with Crippen molar-refractivity contribution in [2.24, 2.45) is 0 Å². The molecule has 4 aromatic carbocycles. The molecule has 0 aliphatic heterocycles. The number of aromatic carboxylic acids is 1. The highest BCUT2D eigenvalue weighted by atomic mass is 32.2. The third-order valence-electron chi connectivity index (χ3n) is 5.48. The molecule has 0 aromatic heterocycles. The van der Waals surface area contributed by atoms with Crippen LogP contribution in [0.25, 0.3) is 0 Å². The van der Waals surface area contributed by atoms with Crippen LogP contribution in [-0.4, -0.2) is 23.0 Å². The lowest BCUT2D eigenvalue weighted by Crippen LogP contribution is -2.20. The zero-order valence-electron chi connectivity index (χ0n) is 20.0. The first kappa shape index (κ1) is 25.5. The molecule has 7 nitrogen and oxygen atoms in total. The van der Waals surface area contributed by atoms with E-state index in [1.54, 1.807) is 30.3 Å². The predicted octanol–water partition coefficient (Wildman–Crippen LogP) is 6.81. The first-order chi connectivity index (χ1) is 17.9. The van der Waals surface area contributed by atoms with Crippen LogP contribution in [0.5, 0.6) is 0 Å². The molecule has 8 heteroatoms. The summed E-state index contributed by atoms with van der Waals surface area (Å²) in [6.45, 7) is 1.81. The molecular formula is C29H25N3O4S. The van der Waals surface area contributed by atoms with E-state index in [4.69, 9.17) is 0 Å². The van der Waals surface area contributed by atoms with Gasteiger partial charge in [-0.05, 0) is 66.6 Å². The number of hydrogen-bond acceptors (Lipinski definition) is 4. The fourth-order valence-corrected chi connectivity index (χ4v) is 4.58. The summed E-state index contributed by atoms with van der Waals surface area (Å²) in [4.78, 5) is 37.9. The Bertz CT molecular complexity index is 1390.